The van der Waals surface area contributed by atoms with Gasteiger partial charge in [-0.2, -0.15) is 0 Å². The van der Waals surface area contributed by atoms with Crippen LogP contribution in [0.4, 0.5) is 0 Å². The van der Waals surface area contributed by atoms with Gasteiger partial charge in [0, 0.05) is 5.54 Å². The SMILES string of the molecule is CCN(C)C(C)(C)CCNC. The Morgan fingerprint density at radius 3 is 2.27 bits per heavy atom. The Morgan fingerprint density at radius 2 is 1.91 bits per heavy atom. The molecule has 0 radical (unpaired) electrons. The van der Waals surface area contributed by atoms with Crippen molar-refractivity contribution >= 4 is 0 Å². The lowest BCUT2D eigenvalue weighted by atomic mass is 9.99. The molecule has 2 nitrogen and oxygen atoms in total. The van der Waals surface area contributed by atoms with Crippen molar-refractivity contribution in [1.82, 2.24) is 10.2 Å². The van der Waals surface area contributed by atoms with E-state index in [1.54, 1.807) is 0 Å². The van der Waals surface area contributed by atoms with Gasteiger partial charge in [0.2, 0.25) is 0 Å². The van der Waals surface area contributed by atoms with E-state index in [1.165, 1.54) is 6.42 Å². The Morgan fingerprint density at radius 1 is 1.36 bits per heavy atom. The molecule has 0 unspecified atom stereocenters. The van der Waals surface area contributed by atoms with Gasteiger partial charge in [0.1, 0.15) is 0 Å². The average Bonchev–Trinajstić information content (AvgIpc) is 1.99. The van der Waals surface area contributed by atoms with E-state index < -0.39 is 0 Å². The summed E-state index contributed by atoms with van der Waals surface area (Å²) in [4.78, 5) is 2.38. The van der Waals surface area contributed by atoms with Crippen molar-refractivity contribution < 1.29 is 0 Å². The molecule has 0 saturated heterocycles. The summed E-state index contributed by atoms with van der Waals surface area (Å²) in [5, 5.41) is 3.18. The number of nitrogens with zero attached hydrogens (tertiary/aromatic N) is 1. The lowest BCUT2D eigenvalue weighted by molar-refractivity contribution is 0.154. The summed E-state index contributed by atoms with van der Waals surface area (Å²) < 4.78 is 0. The van der Waals surface area contributed by atoms with Crippen LogP contribution >= 0.6 is 0 Å². The van der Waals surface area contributed by atoms with Crippen molar-refractivity contribution in [3.05, 3.63) is 0 Å². The minimum Gasteiger partial charge on any atom is -0.320 e. The van der Waals surface area contributed by atoms with Gasteiger partial charge in [0.15, 0.2) is 0 Å². The Labute approximate surface area is 71.0 Å². The van der Waals surface area contributed by atoms with Crippen molar-refractivity contribution in [1.29, 1.82) is 0 Å². The Hall–Kier alpha value is -0.0800. The molecule has 68 valence electrons. The first-order valence-corrected chi connectivity index (χ1v) is 4.40. The highest BCUT2D eigenvalue weighted by Crippen LogP contribution is 2.15. The molecule has 0 aromatic heterocycles. The zero-order chi connectivity index (χ0) is 8.91. The molecule has 0 heterocycles. The predicted molar refractivity (Wildman–Crippen MR) is 50.9 cm³/mol. The largest absolute Gasteiger partial charge is 0.320 e. The van der Waals surface area contributed by atoms with Gasteiger partial charge in [-0.3, -0.25) is 0 Å². The number of hydrogen-bond acceptors (Lipinski definition) is 2. The standard InChI is InChI=1S/C9H22N2/c1-6-11(5)9(2,3)7-8-10-4/h10H,6-8H2,1-5H3. The quantitative estimate of drug-likeness (QED) is 0.649. The van der Waals surface area contributed by atoms with Crippen LogP contribution in [0.25, 0.3) is 0 Å². The molecule has 0 rings (SSSR count). The summed E-state index contributed by atoms with van der Waals surface area (Å²) in [7, 11) is 4.18. The molecule has 0 aromatic carbocycles. The Bertz CT molecular complexity index is 99.7. The average molecular weight is 158 g/mol. The van der Waals surface area contributed by atoms with Crippen molar-refractivity contribution in [2.45, 2.75) is 32.7 Å². The van der Waals surface area contributed by atoms with Crippen molar-refractivity contribution in [2.24, 2.45) is 0 Å². The molecule has 0 aromatic rings. The first-order valence-electron chi connectivity index (χ1n) is 4.40. The molecule has 0 aliphatic heterocycles. The van der Waals surface area contributed by atoms with Gasteiger partial charge in [-0.05, 0) is 47.5 Å². The summed E-state index contributed by atoms with van der Waals surface area (Å²) >= 11 is 0. The van der Waals surface area contributed by atoms with Gasteiger partial charge in [-0.15, -0.1) is 0 Å². The van der Waals surface area contributed by atoms with E-state index in [4.69, 9.17) is 0 Å². The number of nitrogens with one attached hydrogen (secondary N) is 1. The summed E-state index contributed by atoms with van der Waals surface area (Å²) in [6.07, 6.45) is 1.20. The van der Waals surface area contributed by atoms with Crippen LogP contribution in [0.5, 0.6) is 0 Å². The van der Waals surface area contributed by atoms with Crippen LogP contribution in [0, 0.1) is 0 Å². The van der Waals surface area contributed by atoms with Crippen molar-refractivity contribution in [3.8, 4) is 0 Å². The highest BCUT2D eigenvalue weighted by atomic mass is 15.2. The first-order chi connectivity index (χ1) is 5.04. The second-order valence-electron chi connectivity index (χ2n) is 3.68. The van der Waals surface area contributed by atoms with Gasteiger partial charge >= 0.3 is 0 Å². The molecule has 0 atom stereocenters. The molecule has 2 heteroatoms. The highest BCUT2D eigenvalue weighted by Gasteiger charge is 2.20. The Kier molecular flexibility index (Phi) is 4.69. The van der Waals surface area contributed by atoms with Gasteiger partial charge in [0.25, 0.3) is 0 Å². The maximum absolute atomic E-state index is 3.18. The summed E-state index contributed by atoms with van der Waals surface area (Å²) in [6.45, 7) is 8.98. The van der Waals surface area contributed by atoms with Crippen LogP contribution < -0.4 is 5.32 Å². The molecule has 0 bridgehead atoms. The van der Waals surface area contributed by atoms with E-state index in [9.17, 15) is 0 Å². The summed E-state index contributed by atoms with van der Waals surface area (Å²) in [5.41, 5.74) is 0.331. The van der Waals surface area contributed by atoms with E-state index in [1.807, 2.05) is 7.05 Å². The maximum Gasteiger partial charge on any atom is 0.0162 e. The second kappa shape index (κ2) is 4.73. The molecule has 0 aliphatic carbocycles. The fourth-order valence-electron chi connectivity index (χ4n) is 1.05. The zero-order valence-corrected chi connectivity index (χ0v) is 8.57. The molecule has 0 fully saturated rings. The lowest BCUT2D eigenvalue weighted by Gasteiger charge is -2.34. The summed E-state index contributed by atoms with van der Waals surface area (Å²) in [6, 6.07) is 0. The van der Waals surface area contributed by atoms with E-state index in [-0.39, 0.29) is 0 Å². The van der Waals surface area contributed by atoms with E-state index in [2.05, 4.69) is 38.0 Å². The molecular weight excluding hydrogens is 136 g/mol. The third-order valence-electron chi connectivity index (χ3n) is 2.49. The van der Waals surface area contributed by atoms with E-state index >= 15 is 0 Å². The van der Waals surface area contributed by atoms with Gasteiger partial charge in [-0.1, -0.05) is 6.92 Å². The van der Waals surface area contributed by atoms with Crippen molar-refractivity contribution in [2.75, 3.05) is 27.2 Å². The van der Waals surface area contributed by atoms with E-state index in [0.717, 1.165) is 13.1 Å². The molecule has 0 saturated carbocycles. The molecule has 1 N–H and O–H groups in total. The van der Waals surface area contributed by atoms with E-state index in [0.29, 0.717) is 5.54 Å². The van der Waals surface area contributed by atoms with Crippen LogP contribution in [0.1, 0.15) is 27.2 Å². The van der Waals surface area contributed by atoms with Gasteiger partial charge in [0.05, 0.1) is 0 Å². The van der Waals surface area contributed by atoms with Crippen LogP contribution in [0.2, 0.25) is 0 Å². The first kappa shape index (κ1) is 10.9. The second-order valence-corrected chi connectivity index (χ2v) is 3.68. The minimum absolute atomic E-state index is 0.331. The number of rotatable bonds is 5. The third kappa shape index (κ3) is 3.73. The molecule has 0 spiro atoms. The lowest BCUT2D eigenvalue weighted by Crippen LogP contribution is -2.42. The molecular formula is C9H22N2. The number of hydrogen-bond donors (Lipinski definition) is 1. The van der Waals surface area contributed by atoms with Crippen LogP contribution in [-0.4, -0.2) is 37.6 Å². The topological polar surface area (TPSA) is 15.3 Å². The fourth-order valence-corrected chi connectivity index (χ4v) is 1.05. The van der Waals surface area contributed by atoms with Crippen LogP contribution in [-0.2, 0) is 0 Å². The monoisotopic (exact) mass is 158 g/mol. The third-order valence-corrected chi connectivity index (χ3v) is 2.49. The normalized spacial score (nSPS) is 12.5. The predicted octanol–water partition coefficient (Wildman–Crippen LogP) is 1.33. The van der Waals surface area contributed by atoms with Crippen molar-refractivity contribution in [3.63, 3.8) is 0 Å². The zero-order valence-electron chi connectivity index (χ0n) is 8.57. The molecule has 0 aliphatic rings. The van der Waals surface area contributed by atoms with Gasteiger partial charge in [-0.25, -0.2) is 0 Å². The maximum atomic E-state index is 3.18. The molecule has 0 amide bonds. The highest BCUT2D eigenvalue weighted by molar-refractivity contribution is 4.78. The minimum atomic E-state index is 0.331. The smallest absolute Gasteiger partial charge is 0.0162 e. The Balaban J connectivity index is 3.77. The van der Waals surface area contributed by atoms with Crippen LogP contribution in [0.15, 0.2) is 0 Å². The van der Waals surface area contributed by atoms with Crippen LogP contribution in [0.3, 0.4) is 0 Å². The summed E-state index contributed by atoms with van der Waals surface area (Å²) in [5.74, 6) is 0. The molecule has 11 heavy (non-hydrogen) atoms. The van der Waals surface area contributed by atoms with Gasteiger partial charge < -0.3 is 10.2 Å². The fraction of sp³-hybridized carbons (Fsp3) is 1.00.